The first kappa shape index (κ1) is 13.6. The number of hydrogen-bond acceptors (Lipinski definition) is 3. The Morgan fingerprint density at radius 1 is 1.41 bits per heavy atom. The van der Waals surface area contributed by atoms with Gasteiger partial charge < -0.3 is 14.8 Å². The van der Waals surface area contributed by atoms with Crippen LogP contribution in [0.3, 0.4) is 0 Å². The smallest absolute Gasteiger partial charge is 0.165 e. The van der Waals surface area contributed by atoms with E-state index in [1.807, 2.05) is 32.0 Å². The Morgan fingerprint density at radius 3 is 2.76 bits per heavy atom. The van der Waals surface area contributed by atoms with E-state index in [1.165, 1.54) is 0 Å². The van der Waals surface area contributed by atoms with Gasteiger partial charge in [-0.15, -0.1) is 0 Å². The molecular formula is C14H21NO2. The molecule has 1 N–H and O–H groups in total. The summed E-state index contributed by atoms with van der Waals surface area (Å²) < 4.78 is 10.9. The third-order valence-electron chi connectivity index (χ3n) is 2.31. The Labute approximate surface area is 103 Å². The normalized spacial score (nSPS) is 10.1. The molecule has 1 aromatic carbocycles. The summed E-state index contributed by atoms with van der Waals surface area (Å²) in [6, 6.07) is 5.93. The van der Waals surface area contributed by atoms with E-state index in [1.54, 1.807) is 7.11 Å². The van der Waals surface area contributed by atoms with Crippen molar-refractivity contribution >= 4 is 0 Å². The lowest BCUT2D eigenvalue weighted by molar-refractivity contribution is 0.309. The lowest BCUT2D eigenvalue weighted by atomic mass is 10.2. The molecule has 0 amide bonds. The van der Waals surface area contributed by atoms with Gasteiger partial charge in [-0.25, -0.2) is 0 Å². The van der Waals surface area contributed by atoms with Crippen molar-refractivity contribution < 1.29 is 9.47 Å². The molecule has 0 unspecified atom stereocenters. The van der Waals surface area contributed by atoms with Crippen molar-refractivity contribution in [2.45, 2.75) is 20.4 Å². The fraction of sp³-hybridized carbons (Fsp3) is 0.429. The molecule has 3 heteroatoms. The molecule has 0 saturated heterocycles. The molecule has 3 nitrogen and oxygen atoms in total. The number of ether oxygens (including phenoxy) is 2. The summed E-state index contributed by atoms with van der Waals surface area (Å²) in [6.45, 7) is 10.0. The molecule has 94 valence electrons. The van der Waals surface area contributed by atoms with Gasteiger partial charge >= 0.3 is 0 Å². The third kappa shape index (κ3) is 4.11. The van der Waals surface area contributed by atoms with Crippen LogP contribution >= 0.6 is 0 Å². The topological polar surface area (TPSA) is 30.5 Å². The first-order valence-electron chi connectivity index (χ1n) is 5.82. The Balaban J connectivity index is 2.76. The molecule has 0 aliphatic rings. The van der Waals surface area contributed by atoms with Crippen molar-refractivity contribution in [2.75, 3.05) is 20.3 Å². The Kier molecular flexibility index (Phi) is 5.57. The van der Waals surface area contributed by atoms with Crippen LogP contribution < -0.4 is 14.8 Å². The van der Waals surface area contributed by atoms with Gasteiger partial charge in [-0.05, 0) is 19.9 Å². The van der Waals surface area contributed by atoms with Gasteiger partial charge in [-0.2, -0.15) is 0 Å². The fourth-order valence-electron chi connectivity index (χ4n) is 1.61. The van der Waals surface area contributed by atoms with Crippen molar-refractivity contribution in [3.8, 4) is 11.5 Å². The van der Waals surface area contributed by atoms with E-state index in [0.29, 0.717) is 6.61 Å². The van der Waals surface area contributed by atoms with Crippen LogP contribution in [0.5, 0.6) is 11.5 Å². The number of rotatable bonds is 7. The van der Waals surface area contributed by atoms with Crippen LogP contribution in [0.1, 0.15) is 19.4 Å². The standard InChI is InChI=1S/C14H21NO2/c1-5-17-13-8-6-7-12(14(13)16-4)10-15-9-11(2)3/h6-8,15H,2,5,9-10H2,1,3-4H3. The van der Waals surface area contributed by atoms with E-state index in [0.717, 1.165) is 35.7 Å². The molecule has 0 aromatic heterocycles. The van der Waals surface area contributed by atoms with Crippen LogP contribution in [0.15, 0.2) is 30.4 Å². The maximum atomic E-state index is 5.53. The molecule has 0 bridgehead atoms. The maximum Gasteiger partial charge on any atom is 0.165 e. The van der Waals surface area contributed by atoms with Crippen LogP contribution in [0.2, 0.25) is 0 Å². The molecule has 0 fully saturated rings. The summed E-state index contributed by atoms with van der Waals surface area (Å²) in [6.07, 6.45) is 0. The minimum Gasteiger partial charge on any atom is -0.493 e. The minimum absolute atomic E-state index is 0.638. The molecule has 17 heavy (non-hydrogen) atoms. The number of para-hydroxylation sites is 1. The molecule has 0 spiro atoms. The van der Waals surface area contributed by atoms with Gasteiger partial charge in [0.15, 0.2) is 11.5 Å². The zero-order chi connectivity index (χ0) is 12.7. The average molecular weight is 235 g/mol. The lowest BCUT2D eigenvalue weighted by Crippen LogP contribution is -2.16. The highest BCUT2D eigenvalue weighted by atomic mass is 16.5. The summed E-state index contributed by atoms with van der Waals surface area (Å²) in [5, 5.41) is 3.31. The van der Waals surface area contributed by atoms with Gasteiger partial charge in [-0.3, -0.25) is 0 Å². The molecule has 0 heterocycles. The summed E-state index contributed by atoms with van der Waals surface area (Å²) in [7, 11) is 1.67. The van der Waals surface area contributed by atoms with Crippen LogP contribution in [-0.2, 0) is 6.54 Å². The Morgan fingerprint density at radius 2 is 2.18 bits per heavy atom. The number of hydrogen-bond donors (Lipinski definition) is 1. The highest BCUT2D eigenvalue weighted by molar-refractivity contribution is 5.46. The van der Waals surface area contributed by atoms with Crippen molar-refractivity contribution in [3.63, 3.8) is 0 Å². The Bertz CT molecular complexity index is 374. The van der Waals surface area contributed by atoms with Crippen molar-refractivity contribution in [1.29, 1.82) is 0 Å². The molecule has 1 aromatic rings. The van der Waals surface area contributed by atoms with Crippen LogP contribution in [0.25, 0.3) is 0 Å². The first-order chi connectivity index (χ1) is 8.19. The SMILES string of the molecule is C=C(C)CNCc1cccc(OCC)c1OC. The molecule has 0 aliphatic carbocycles. The second kappa shape index (κ2) is 6.97. The van der Waals surface area contributed by atoms with Gasteiger partial charge in [0, 0.05) is 18.7 Å². The molecule has 0 radical (unpaired) electrons. The quantitative estimate of drug-likeness (QED) is 0.737. The van der Waals surface area contributed by atoms with Gasteiger partial charge in [0.1, 0.15) is 0 Å². The number of benzene rings is 1. The monoisotopic (exact) mass is 235 g/mol. The molecule has 1 rings (SSSR count). The van der Waals surface area contributed by atoms with Gasteiger partial charge in [0.05, 0.1) is 13.7 Å². The van der Waals surface area contributed by atoms with Gasteiger partial charge in [0.2, 0.25) is 0 Å². The summed E-state index contributed by atoms with van der Waals surface area (Å²) >= 11 is 0. The molecule has 0 saturated carbocycles. The molecule has 0 aliphatic heterocycles. The maximum absolute atomic E-state index is 5.53. The summed E-state index contributed by atoms with van der Waals surface area (Å²) in [5.74, 6) is 1.60. The first-order valence-corrected chi connectivity index (χ1v) is 5.82. The fourth-order valence-corrected chi connectivity index (χ4v) is 1.61. The van der Waals surface area contributed by atoms with Crippen LogP contribution in [0, 0.1) is 0 Å². The predicted octanol–water partition coefficient (Wildman–Crippen LogP) is 2.76. The van der Waals surface area contributed by atoms with Crippen LogP contribution in [0.4, 0.5) is 0 Å². The highest BCUT2D eigenvalue weighted by Gasteiger charge is 2.09. The van der Waals surface area contributed by atoms with Crippen molar-refractivity contribution in [3.05, 3.63) is 35.9 Å². The Hall–Kier alpha value is -1.48. The zero-order valence-corrected chi connectivity index (χ0v) is 10.9. The second-order valence-electron chi connectivity index (χ2n) is 3.94. The van der Waals surface area contributed by atoms with Gasteiger partial charge in [-0.1, -0.05) is 24.3 Å². The van der Waals surface area contributed by atoms with Crippen LogP contribution in [-0.4, -0.2) is 20.3 Å². The summed E-state index contributed by atoms with van der Waals surface area (Å²) in [4.78, 5) is 0. The molecule has 0 atom stereocenters. The van der Waals surface area contributed by atoms with E-state index in [-0.39, 0.29) is 0 Å². The lowest BCUT2D eigenvalue weighted by Gasteiger charge is -2.14. The van der Waals surface area contributed by atoms with Crippen molar-refractivity contribution in [1.82, 2.24) is 5.32 Å². The average Bonchev–Trinajstić information content (AvgIpc) is 2.29. The van der Waals surface area contributed by atoms with E-state index < -0.39 is 0 Å². The van der Waals surface area contributed by atoms with E-state index in [4.69, 9.17) is 9.47 Å². The predicted molar refractivity (Wildman–Crippen MR) is 70.7 cm³/mol. The molecular weight excluding hydrogens is 214 g/mol. The summed E-state index contributed by atoms with van der Waals surface area (Å²) in [5.41, 5.74) is 2.21. The van der Waals surface area contributed by atoms with E-state index in [2.05, 4.69) is 11.9 Å². The number of methoxy groups -OCH3 is 1. The zero-order valence-electron chi connectivity index (χ0n) is 10.9. The number of nitrogens with one attached hydrogen (secondary N) is 1. The van der Waals surface area contributed by atoms with Crippen molar-refractivity contribution in [2.24, 2.45) is 0 Å². The largest absolute Gasteiger partial charge is 0.493 e. The highest BCUT2D eigenvalue weighted by Crippen LogP contribution is 2.30. The minimum atomic E-state index is 0.638. The third-order valence-corrected chi connectivity index (χ3v) is 2.31. The van der Waals surface area contributed by atoms with E-state index >= 15 is 0 Å². The van der Waals surface area contributed by atoms with Gasteiger partial charge in [0.25, 0.3) is 0 Å². The second-order valence-corrected chi connectivity index (χ2v) is 3.94. The van der Waals surface area contributed by atoms with E-state index in [9.17, 15) is 0 Å².